The van der Waals surface area contributed by atoms with E-state index in [1.54, 1.807) is 0 Å². The molecule has 6 heteroatoms. The Labute approximate surface area is 149 Å². The molecule has 1 aromatic carbocycles. The summed E-state index contributed by atoms with van der Waals surface area (Å²) in [5.74, 6) is -0.178. The molecule has 0 saturated carbocycles. The molecule has 0 bridgehead atoms. The minimum Gasteiger partial charge on any atom is -0.463 e. The van der Waals surface area contributed by atoms with Crippen molar-refractivity contribution in [1.29, 1.82) is 0 Å². The number of nitrogens with one attached hydrogen (secondary N) is 1. The summed E-state index contributed by atoms with van der Waals surface area (Å²) in [6.07, 6.45) is 4.23. The summed E-state index contributed by atoms with van der Waals surface area (Å²) in [5, 5.41) is 2.60. The average Bonchev–Trinajstić information content (AvgIpc) is 2.63. The number of amides is 1. The number of esters is 1. The lowest BCUT2D eigenvalue weighted by atomic mass is 10.2. The summed E-state index contributed by atoms with van der Waals surface area (Å²) in [4.78, 5) is 22.9. The minimum absolute atomic E-state index is 0.178. The molecule has 0 saturated heterocycles. The van der Waals surface area contributed by atoms with Crippen LogP contribution in [0.5, 0.6) is 0 Å². The van der Waals surface area contributed by atoms with Crippen molar-refractivity contribution in [3.05, 3.63) is 35.9 Å². The van der Waals surface area contributed by atoms with Crippen molar-refractivity contribution in [2.75, 3.05) is 26.4 Å². The molecule has 0 aliphatic rings. The standard InChI is InChI=1S/C19H29NO5/c1-2-3-4-8-11-18(21)24-15-14-23-13-12-20-19(22)25-16-17-9-6-5-7-10-17/h5-7,9-10H,2-4,8,11-16H2,1H3,(H,20,22). The highest BCUT2D eigenvalue weighted by Crippen LogP contribution is 2.03. The van der Waals surface area contributed by atoms with Gasteiger partial charge < -0.3 is 19.5 Å². The van der Waals surface area contributed by atoms with Crippen LogP contribution >= 0.6 is 0 Å². The molecule has 0 unspecified atom stereocenters. The first-order chi connectivity index (χ1) is 12.2. The normalized spacial score (nSPS) is 10.3. The zero-order valence-electron chi connectivity index (χ0n) is 15.0. The number of carbonyl (C=O) groups is 2. The quantitative estimate of drug-likeness (QED) is 0.435. The SMILES string of the molecule is CCCCCCC(=O)OCCOCCNC(=O)OCc1ccccc1. The van der Waals surface area contributed by atoms with Gasteiger partial charge in [0.1, 0.15) is 13.2 Å². The zero-order chi connectivity index (χ0) is 18.2. The molecule has 0 atom stereocenters. The van der Waals surface area contributed by atoms with E-state index in [9.17, 15) is 9.59 Å². The van der Waals surface area contributed by atoms with E-state index in [-0.39, 0.29) is 19.2 Å². The van der Waals surface area contributed by atoms with Crippen LogP contribution in [0.15, 0.2) is 30.3 Å². The maximum absolute atomic E-state index is 11.5. The molecule has 25 heavy (non-hydrogen) atoms. The van der Waals surface area contributed by atoms with E-state index in [2.05, 4.69) is 12.2 Å². The topological polar surface area (TPSA) is 73.9 Å². The molecule has 1 N–H and O–H groups in total. The number of ether oxygens (including phenoxy) is 3. The van der Waals surface area contributed by atoms with E-state index in [1.807, 2.05) is 30.3 Å². The summed E-state index contributed by atoms with van der Waals surface area (Å²) >= 11 is 0. The highest BCUT2D eigenvalue weighted by molar-refractivity contribution is 5.69. The van der Waals surface area contributed by atoms with Crippen molar-refractivity contribution < 1.29 is 23.8 Å². The maximum atomic E-state index is 11.5. The Balaban J connectivity index is 1.89. The zero-order valence-corrected chi connectivity index (χ0v) is 15.0. The minimum atomic E-state index is -0.481. The first-order valence-electron chi connectivity index (χ1n) is 8.90. The third-order valence-electron chi connectivity index (χ3n) is 3.45. The van der Waals surface area contributed by atoms with Crippen LogP contribution in [0, 0.1) is 0 Å². The van der Waals surface area contributed by atoms with Crippen LogP contribution in [-0.4, -0.2) is 38.4 Å². The third kappa shape index (κ3) is 12.0. The van der Waals surface area contributed by atoms with E-state index in [0.717, 1.165) is 31.2 Å². The largest absolute Gasteiger partial charge is 0.463 e. The molecule has 0 aromatic heterocycles. The number of unbranched alkanes of at least 4 members (excludes halogenated alkanes) is 3. The van der Waals surface area contributed by atoms with Crippen molar-refractivity contribution in [1.82, 2.24) is 5.32 Å². The van der Waals surface area contributed by atoms with Gasteiger partial charge in [0.2, 0.25) is 0 Å². The van der Waals surface area contributed by atoms with E-state index in [1.165, 1.54) is 0 Å². The molecule has 0 fully saturated rings. The van der Waals surface area contributed by atoms with Gasteiger partial charge in [-0.05, 0) is 12.0 Å². The van der Waals surface area contributed by atoms with Gasteiger partial charge in [-0.15, -0.1) is 0 Å². The molecular formula is C19H29NO5. The molecular weight excluding hydrogens is 322 g/mol. The predicted octanol–water partition coefficient (Wildman–Crippen LogP) is 3.44. The van der Waals surface area contributed by atoms with Gasteiger partial charge in [-0.3, -0.25) is 4.79 Å². The van der Waals surface area contributed by atoms with Crippen molar-refractivity contribution in [2.24, 2.45) is 0 Å². The molecule has 1 rings (SSSR count). The second-order valence-corrected chi connectivity index (χ2v) is 5.63. The van der Waals surface area contributed by atoms with Crippen molar-refractivity contribution in [3.63, 3.8) is 0 Å². The second kappa shape index (κ2) is 14.3. The molecule has 0 aliphatic carbocycles. The first kappa shape index (κ1) is 21.0. The number of carbonyl (C=O) groups excluding carboxylic acids is 2. The lowest BCUT2D eigenvalue weighted by molar-refractivity contribution is -0.145. The van der Waals surface area contributed by atoms with Crippen LogP contribution in [-0.2, 0) is 25.6 Å². The van der Waals surface area contributed by atoms with Crippen molar-refractivity contribution in [2.45, 2.75) is 45.6 Å². The maximum Gasteiger partial charge on any atom is 0.407 e. The summed E-state index contributed by atoms with van der Waals surface area (Å²) in [5.41, 5.74) is 0.936. The number of rotatable bonds is 13. The predicted molar refractivity (Wildman–Crippen MR) is 95.2 cm³/mol. The molecule has 0 aliphatic heterocycles. The van der Waals surface area contributed by atoms with Crippen molar-refractivity contribution >= 4 is 12.1 Å². The van der Waals surface area contributed by atoms with E-state index >= 15 is 0 Å². The van der Waals surface area contributed by atoms with E-state index in [4.69, 9.17) is 14.2 Å². The van der Waals surface area contributed by atoms with Crippen LogP contribution in [0.4, 0.5) is 4.79 Å². The van der Waals surface area contributed by atoms with Gasteiger partial charge in [0, 0.05) is 13.0 Å². The Morgan fingerprint density at radius 2 is 1.76 bits per heavy atom. The Kier molecular flexibility index (Phi) is 12.0. The highest BCUT2D eigenvalue weighted by atomic mass is 16.6. The van der Waals surface area contributed by atoms with Crippen molar-refractivity contribution in [3.8, 4) is 0 Å². The fraction of sp³-hybridized carbons (Fsp3) is 0.579. The summed E-state index contributed by atoms with van der Waals surface area (Å²) in [7, 11) is 0. The lowest BCUT2D eigenvalue weighted by Crippen LogP contribution is -2.28. The van der Waals surface area contributed by atoms with Crippen LogP contribution in [0.3, 0.4) is 0 Å². The highest BCUT2D eigenvalue weighted by Gasteiger charge is 2.03. The Hall–Kier alpha value is -2.08. The Bertz CT molecular complexity index is 478. The van der Waals surface area contributed by atoms with Gasteiger partial charge in [0.05, 0.1) is 13.2 Å². The number of hydrogen-bond donors (Lipinski definition) is 1. The van der Waals surface area contributed by atoms with Crippen LogP contribution in [0.1, 0.15) is 44.6 Å². The number of alkyl carbamates (subject to hydrolysis) is 1. The van der Waals surface area contributed by atoms with Gasteiger partial charge in [0.15, 0.2) is 0 Å². The van der Waals surface area contributed by atoms with Gasteiger partial charge in [-0.25, -0.2) is 4.79 Å². The molecule has 0 spiro atoms. The van der Waals surface area contributed by atoms with Crippen LogP contribution < -0.4 is 5.32 Å². The Morgan fingerprint density at radius 3 is 2.52 bits per heavy atom. The smallest absolute Gasteiger partial charge is 0.407 e. The molecule has 0 heterocycles. The molecule has 0 radical (unpaired) electrons. The molecule has 1 amide bonds. The monoisotopic (exact) mass is 351 g/mol. The fourth-order valence-corrected chi connectivity index (χ4v) is 2.08. The average molecular weight is 351 g/mol. The van der Waals surface area contributed by atoms with Gasteiger partial charge in [-0.2, -0.15) is 0 Å². The Morgan fingerprint density at radius 1 is 0.960 bits per heavy atom. The number of hydrogen-bond acceptors (Lipinski definition) is 5. The van der Waals surface area contributed by atoms with Gasteiger partial charge in [0.25, 0.3) is 0 Å². The van der Waals surface area contributed by atoms with Crippen LogP contribution in [0.2, 0.25) is 0 Å². The molecule has 1 aromatic rings. The number of benzene rings is 1. The van der Waals surface area contributed by atoms with E-state index < -0.39 is 6.09 Å². The van der Waals surface area contributed by atoms with Crippen LogP contribution in [0.25, 0.3) is 0 Å². The molecule has 140 valence electrons. The van der Waals surface area contributed by atoms with Gasteiger partial charge in [-0.1, -0.05) is 56.5 Å². The second-order valence-electron chi connectivity index (χ2n) is 5.63. The summed E-state index contributed by atoms with van der Waals surface area (Å²) in [6, 6.07) is 9.47. The fourth-order valence-electron chi connectivity index (χ4n) is 2.08. The molecule has 6 nitrogen and oxygen atoms in total. The third-order valence-corrected chi connectivity index (χ3v) is 3.45. The lowest BCUT2D eigenvalue weighted by Gasteiger charge is -2.08. The van der Waals surface area contributed by atoms with E-state index in [0.29, 0.717) is 26.2 Å². The first-order valence-corrected chi connectivity index (χ1v) is 8.90. The summed E-state index contributed by atoms with van der Waals surface area (Å²) < 4.78 is 15.4. The van der Waals surface area contributed by atoms with Gasteiger partial charge >= 0.3 is 12.1 Å². The summed E-state index contributed by atoms with van der Waals surface area (Å²) in [6.45, 7) is 3.62.